The molecule has 0 fully saturated rings. The molecule has 0 aliphatic heterocycles. The first-order valence-electron chi connectivity index (χ1n) is 8.76. The highest BCUT2D eigenvalue weighted by Gasteiger charge is 2.20. The lowest BCUT2D eigenvalue weighted by atomic mass is 10.1. The molecular formula is C20H19FN4O2S. The molecule has 1 aromatic heterocycles. The van der Waals surface area contributed by atoms with Crippen molar-refractivity contribution < 1.29 is 14.0 Å². The molecule has 6 nitrogen and oxygen atoms in total. The molecule has 2 aromatic carbocycles. The van der Waals surface area contributed by atoms with Gasteiger partial charge in [0.05, 0.1) is 5.25 Å². The van der Waals surface area contributed by atoms with Crippen LogP contribution in [0.15, 0.2) is 53.6 Å². The lowest BCUT2D eigenvalue weighted by molar-refractivity contribution is -0.119. The predicted octanol–water partition coefficient (Wildman–Crippen LogP) is 3.76. The summed E-state index contributed by atoms with van der Waals surface area (Å²) in [4.78, 5) is 23.8. The normalized spacial score (nSPS) is 11.8. The maximum atomic E-state index is 13.2. The van der Waals surface area contributed by atoms with E-state index in [0.29, 0.717) is 17.3 Å². The Hall–Kier alpha value is -3.00. The van der Waals surface area contributed by atoms with E-state index in [0.717, 1.165) is 16.3 Å². The van der Waals surface area contributed by atoms with E-state index in [2.05, 4.69) is 20.8 Å². The molecule has 2 N–H and O–H groups in total. The fourth-order valence-electron chi connectivity index (χ4n) is 2.63. The quantitative estimate of drug-likeness (QED) is 0.640. The summed E-state index contributed by atoms with van der Waals surface area (Å²) in [5.74, 6) is -0.732. The van der Waals surface area contributed by atoms with E-state index in [1.807, 2.05) is 24.3 Å². The zero-order valence-corrected chi connectivity index (χ0v) is 16.2. The molecule has 0 unspecified atom stereocenters. The first-order valence-corrected chi connectivity index (χ1v) is 9.64. The summed E-state index contributed by atoms with van der Waals surface area (Å²) in [6.07, 6.45) is 0. The molecule has 0 saturated carbocycles. The first-order chi connectivity index (χ1) is 13.5. The van der Waals surface area contributed by atoms with Crippen LogP contribution < -0.4 is 10.6 Å². The third kappa shape index (κ3) is 4.45. The van der Waals surface area contributed by atoms with Crippen LogP contribution in [0.4, 0.5) is 9.18 Å². The number of amides is 3. The van der Waals surface area contributed by atoms with Gasteiger partial charge < -0.3 is 5.32 Å². The van der Waals surface area contributed by atoms with Crippen LogP contribution >= 0.6 is 11.8 Å². The van der Waals surface area contributed by atoms with Gasteiger partial charge in [-0.1, -0.05) is 36.0 Å². The Morgan fingerprint density at radius 2 is 1.75 bits per heavy atom. The van der Waals surface area contributed by atoms with Crippen LogP contribution in [0.3, 0.4) is 0 Å². The number of urea groups is 1. The molecule has 0 aliphatic rings. The van der Waals surface area contributed by atoms with Gasteiger partial charge in [0, 0.05) is 22.9 Å². The molecule has 1 heterocycles. The zero-order chi connectivity index (χ0) is 20.1. The highest BCUT2D eigenvalue weighted by atomic mass is 32.2. The molecule has 0 bridgehead atoms. The van der Waals surface area contributed by atoms with Crippen molar-refractivity contribution in [3.8, 4) is 11.3 Å². The van der Waals surface area contributed by atoms with Gasteiger partial charge in [-0.05, 0) is 38.1 Å². The van der Waals surface area contributed by atoms with Crippen LogP contribution in [0, 0.1) is 5.82 Å². The van der Waals surface area contributed by atoms with E-state index in [1.54, 1.807) is 26.0 Å². The molecular weight excluding hydrogens is 379 g/mol. The molecule has 0 spiro atoms. The number of thioether (sulfide) groups is 1. The van der Waals surface area contributed by atoms with Crippen molar-refractivity contribution in [2.24, 2.45) is 0 Å². The van der Waals surface area contributed by atoms with Crippen molar-refractivity contribution in [3.63, 3.8) is 0 Å². The van der Waals surface area contributed by atoms with Crippen molar-refractivity contribution in [2.75, 3.05) is 6.54 Å². The van der Waals surface area contributed by atoms with E-state index in [4.69, 9.17) is 0 Å². The van der Waals surface area contributed by atoms with Gasteiger partial charge in [0.1, 0.15) is 16.5 Å². The second kappa shape index (κ2) is 8.79. The maximum absolute atomic E-state index is 13.2. The highest BCUT2D eigenvalue weighted by Crippen LogP contribution is 2.33. The first kappa shape index (κ1) is 19.8. The number of rotatable bonds is 5. The molecule has 0 aliphatic carbocycles. The fourth-order valence-corrected chi connectivity index (χ4v) is 3.52. The molecule has 0 radical (unpaired) electrons. The van der Waals surface area contributed by atoms with Crippen molar-refractivity contribution in [3.05, 3.63) is 54.3 Å². The van der Waals surface area contributed by atoms with E-state index in [1.165, 1.54) is 23.9 Å². The van der Waals surface area contributed by atoms with E-state index in [9.17, 15) is 14.0 Å². The summed E-state index contributed by atoms with van der Waals surface area (Å²) in [5.41, 5.74) is 1.39. The van der Waals surface area contributed by atoms with Crippen molar-refractivity contribution in [1.82, 2.24) is 20.8 Å². The van der Waals surface area contributed by atoms with Gasteiger partial charge in [0.2, 0.25) is 5.91 Å². The van der Waals surface area contributed by atoms with Gasteiger partial charge >= 0.3 is 6.03 Å². The summed E-state index contributed by atoms with van der Waals surface area (Å²) in [5, 5.41) is 15.1. The Bertz CT molecular complexity index is 1010. The molecule has 1 atom stereocenters. The van der Waals surface area contributed by atoms with Gasteiger partial charge in [-0.2, -0.15) is 0 Å². The number of aromatic nitrogens is 2. The van der Waals surface area contributed by atoms with Gasteiger partial charge in [-0.3, -0.25) is 10.1 Å². The van der Waals surface area contributed by atoms with E-state index < -0.39 is 17.2 Å². The smallest absolute Gasteiger partial charge is 0.321 e. The average molecular weight is 398 g/mol. The summed E-state index contributed by atoms with van der Waals surface area (Å²) in [6.45, 7) is 3.90. The van der Waals surface area contributed by atoms with Crippen LogP contribution in [-0.2, 0) is 4.79 Å². The van der Waals surface area contributed by atoms with Crippen molar-refractivity contribution >= 4 is 34.5 Å². The van der Waals surface area contributed by atoms with Crippen LogP contribution in [0.25, 0.3) is 22.0 Å². The zero-order valence-electron chi connectivity index (χ0n) is 15.4. The largest absolute Gasteiger partial charge is 0.338 e. The standard InChI is InChI=1S/C20H19FN4O2S/c1-3-22-20(27)23-18(26)12(2)28-19-16-7-5-4-6-15(16)17(24-25-19)13-8-10-14(21)11-9-13/h4-12H,3H2,1-2H3,(H2,22,23,26,27)/t12-/m0/s1. The number of fused-ring (bicyclic) bond motifs is 1. The average Bonchev–Trinajstić information content (AvgIpc) is 2.69. The Balaban J connectivity index is 1.89. The fraction of sp³-hybridized carbons (Fsp3) is 0.200. The van der Waals surface area contributed by atoms with Gasteiger partial charge in [0.15, 0.2) is 0 Å². The molecule has 3 rings (SSSR count). The Morgan fingerprint density at radius 1 is 1.07 bits per heavy atom. The Morgan fingerprint density at radius 3 is 2.43 bits per heavy atom. The monoisotopic (exact) mass is 398 g/mol. The minimum atomic E-state index is -0.544. The highest BCUT2D eigenvalue weighted by molar-refractivity contribution is 8.00. The summed E-state index contributed by atoms with van der Waals surface area (Å²) >= 11 is 1.22. The number of hydrogen-bond acceptors (Lipinski definition) is 5. The van der Waals surface area contributed by atoms with Crippen molar-refractivity contribution in [2.45, 2.75) is 24.1 Å². The summed E-state index contributed by atoms with van der Waals surface area (Å²) < 4.78 is 13.2. The van der Waals surface area contributed by atoms with Crippen LogP contribution in [-0.4, -0.2) is 33.9 Å². The topological polar surface area (TPSA) is 84.0 Å². The lowest BCUT2D eigenvalue weighted by Crippen LogP contribution is -2.42. The number of carbonyl (C=O) groups is 2. The Labute approximate surface area is 165 Å². The number of hydrogen-bond donors (Lipinski definition) is 2. The number of imide groups is 1. The number of nitrogens with one attached hydrogen (secondary N) is 2. The number of benzene rings is 2. The summed E-state index contributed by atoms with van der Waals surface area (Å²) in [6, 6.07) is 13.1. The molecule has 3 amide bonds. The molecule has 3 aromatic rings. The molecule has 0 saturated heterocycles. The third-order valence-electron chi connectivity index (χ3n) is 4.00. The third-order valence-corrected chi connectivity index (χ3v) is 5.10. The van der Waals surface area contributed by atoms with Crippen molar-refractivity contribution in [1.29, 1.82) is 0 Å². The maximum Gasteiger partial charge on any atom is 0.321 e. The predicted molar refractivity (Wildman–Crippen MR) is 107 cm³/mol. The van der Waals surface area contributed by atoms with E-state index in [-0.39, 0.29) is 5.82 Å². The summed E-state index contributed by atoms with van der Waals surface area (Å²) in [7, 11) is 0. The molecule has 8 heteroatoms. The van der Waals surface area contributed by atoms with Gasteiger partial charge in [-0.25, -0.2) is 9.18 Å². The number of halogens is 1. The SMILES string of the molecule is CCNC(=O)NC(=O)[C@H](C)Sc1nnc(-c2ccc(F)cc2)c2ccccc12. The second-order valence-electron chi connectivity index (χ2n) is 6.02. The van der Waals surface area contributed by atoms with Crippen LogP contribution in [0.1, 0.15) is 13.8 Å². The molecule has 28 heavy (non-hydrogen) atoms. The number of nitrogens with zero attached hydrogens (tertiary/aromatic N) is 2. The number of carbonyl (C=O) groups excluding carboxylic acids is 2. The Kier molecular flexibility index (Phi) is 6.20. The van der Waals surface area contributed by atoms with Gasteiger partial charge in [-0.15, -0.1) is 10.2 Å². The van der Waals surface area contributed by atoms with E-state index >= 15 is 0 Å². The van der Waals surface area contributed by atoms with Crippen LogP contribution in [0.5, 0.6) is 0 Å². The minimum Gasteiger partial charge on any atom is -0.338 e. The van der Waals surface area contributed by atoms with Gasteiger partial charge in [0.25, 0.3) is 0 Å². The molecule has 144 valence electrons. The lowest BCUT2D eigenvalue weighted by Gasteiger charge is -2.13. The minimum absolute atomic E-state index is 0.319. The van der Waals surface area contributed by atoms with Crippen LogP contribution in [0.2, 0.25) is 0 Å². The second-order valence-corrected chi connectivity index (χ2v) is 7.34.